The van der Waals surface area contributed by atoms with Crippen LogP contribution in [0.1, 0.15) is 24.1 Å². The standard InChI is InChI=1S/C24H27N5O2S/c1-17-18(2)28-24(25)22-23(17)29(16-26-22)15-7-6-14-27-32(30,31)21-12-10-20(11-13-21)19-8-4-3-5-9-19/h3-5,8-13,16,27H,6-7,14-15H2,1-2H3,(H2,25,28). The first-order chi connectivity index (χ1) is 15.4. The van der Waals surface area contributed by atoms with E-state index in [1.165, 1.54) is 0 Å². The molecule has 0 radical (unpaired) electrons. The second kappa shape index (κ2) is 9.10. The summed E-state index contributed by atoms with van der Waals surface area (Å²) in [5, 5.41) is 0. The van der Waals surface area contributed by atoms with E-state index in [1.54, 1.807) is 18.5 Å². The van der Waals surface area contributed by atoms with Crippen LogP contribution in [0.3, 0.4) is 0 Å². The minimum atomic E-state index is -3.54. The predicted molar refractivity (Wildman–Crippen MR) is 128 cm³/mol. The van der Waals surface area contributed by atoms with Crippen molar-refractivity contribution in [3.05, 3.63) is 72.2 Å². The molecule has 0 unspecified atom stereocenters. The highest BCUT2D eigenvalue weighted by Gasteiger charge is 2.14. The second-order valence-corrected chi connectivity index (χ2v) is 9.60. The molecule has 4 rings (SSSR count). The molecule has 7 nitrogen and oxygen atoms in total. The lowest BCUT2D eigenvalue weighted by Crippen LogP contribution is -2.25. The fourth-order valence-corrected chi connectivity index (χ4v) is 4.85. The summed E-state index contributed by atoms with van der Waals surface area (Å²) in [6.45, 7) is 5.05. The number of hydrogen-bond donors (Lipinski definition) is 2. The third kappa shape index (κ3) is 4.51. The largest absolute Gasteiger partial charge is 0.382 e. The first-order valence-corrected chi connectivity index (χ1v) is 12.1. The Morgan fingerprint density at radius 2 is 1.66 bits per heavy atom. The van der Waals surface area contributed by atoms with Gasteiger partial charge in [0.1, 0.15) is 5.52 Å². The van der Waals surface area contributed by atoms with Crippen molar-refractivity contribution in [2.45, 2.75) is 38.1 Å². The van der Waals surface area contributed by atoms with Crippen LogP contribution < -0.4 is 10.5 Å². The average Bonchev–Trinajstić information content (AvgIpc) is 3.23. The molecule has 0 aliphatic rings. The molecular formula is C24H27N5O2S. The summed E-state index contributed by atoms with van der Waals surface area (Å²) in [6, 6.07) is 16.8. The van der Waals surface area contributed by atoms with Crippen LogP contribution in [0.5, 0.6) is 0 Å². The number of rotatable bonds is 8. The van der Waals surface area contributed by atoms with Gasteiger partial charge in [-0.1, -0.05) is 42.5 Å². The number of pyridine rings is 1. The highest BCUT2D eigenvalue weighted by molar-refractivity contribution is 7.89. The molecule has 0 atom stereocenters. The van der Waals surface area contributed by atoms with E-state index in [0.717, 1.165) is 40.9 Å². The molecule has 32 heavy (non-hydrogen) atoms. The van der Waals surface area contributed by atoms with Gasteiger partial charge in [-0.25, -0.2) is 23.1 Å². The van der Waals surface area contributed by atoms with E-state index >= 15 is 0 Å². The number of benzene rings is 2. The van der Waals surface area contributed by atoms with Crippen molar-refractivity contribution in [2.75, 3.05) is 12.3 Å². The smallest absolute Gasteiger partial charge is 0.240 e. The Hall–Kier alpha value is -3.23. The van der Waals surface area contributed by atoms with Gasteiger partial charge in [-0.2, -0.15) is 0 Å². The van der Waals surface area contributed by atoms with Crippen LogP contribution >= 0.6 is 0 Å². The number of aromatic nitrogens is 3. The van der Waals surface area contributed by atoms with E-state index < -0.39 is 10.0 Å². The topological polar surface area (TPSA) is 103 Å². The van der Waals surface area contributed by atoms with Gasteiger partial charge < -0.3 is 10.3 Å². The van der Waals surface area contributed by atoms with Crippen molar-refractivity contribution in [1.29, 1.82) is 0 Å². The number of sulfonamides is 1. The molecule has 8 heteroatoms. The number of nitrogens with zero attached hydrogens (tertiary/aromatic N) is 3. The molecule has 4 aromatic rings. The number of imidazole rings is 1. The van der Waals surface area contributed by atoms with Gasteiger partial charge in [0, 0.05) is 18.8 Å². The lowest BCUT2D eigenvalue weighted by molar-refractivity contribution is 0.568. The molecule has 0 fully saturated rings. The van der Waals surface area contributed by atoms with Gasteiger partial charge in [0.15, 0.2) is 5.82 Å². The van der Waals surface area contributed by atoms with Crippen LogP contribution in [0, 0.1) is 13.8 Å². The zero-order valence-electron chi connectivity index (χ0n) is 18.2. The quantitative estimate of drug-likeness (QED) is 0.395. The fourth-order valence-electron chi connectivity index (χ4n) is 3.78. The summed E-state index contributed by atoms with van der Waals surface area (Å²) in [5.41, 5.74) is 11.7. The van der Waals surface area contributed by atoms with Crippen molar-refractivity contribution < 1.29 is 8.42 Å². The minimum Gasteiger partial charge on any atom is -0.382 e. The molecule has 0 bridgehead atoms. The van der Waals surface area contributed by atoms with Gasteiger partial charge in [0.25, 0.3) is 0 Å². The molecule has 0 spiro atoms. The normalized spacial score (nSPS) is 11.8. The Bertz CT molecular complexity index is 1330. The van der Waals surface area contributed by atoms with Gasteiger partial charge in [-0.05, 0) is 55.5 Å². The van der Waals surface area contributed by atoms with Crippen LogP contribution in [-0.4, -0.2) is 29.5 Å². The monoisotopic (exact) mass is 449 g/mol. The number of unbranched alkanes of at least 4 members (excludes halogenated alkanes) is 1. The number of hydrogen-bond acceptors (Lipinski definition) is 5. The summed E-state index contributed by atoms with van der Waals surface area (Å²) in [6.07, 6.45) is 3.29. The average molecular weight is 450 g/mol. The lowest BCUT2D eigenvalue weighted by Gasteiger charge is -2.10. The summed E-state index contributed by atoms with van der Waals surface area (Å²) >= 11 is 0. The number of nitrogen functional groups attached to an aromatic ring is 1. The second-order valence-electron chi connectivity index (χ2n) is 7.84. The van der Waals surface area contributed by atoms with Gasteiger partial charge in [-0.15, -0.1) is 0 Å². The zero-order valence-corrected chi connectivity index (χ0v) is 19.1. The fraction of sp³-hybridized carbons (Fsp3) is 0.250. The minimum absolute atomic E-state index is 0.270. The van der Waals surface area contributed by atoms with Gasteiger partial charge in [0.2, 0.25) is 10.0 Å². The molecule has 2 heterocycles. The van der Waals surface area contributed by atoms with E-state index in [0.29, 0.717) is 24.3 Å². The highest BCUT2D eigenvalue weighted by atomic mass is 32.2. The third-order valence-electron chi connectivity index (χ3n) is 5.66. The van der Waals surface area contributed by atoms with Crippen LogP contribution in [0.2, 0.25) is 0 Å². The Morgan fingerprint density at radius 1 is 0.969 bits per heavy atom. The Morgan fingerprint density at radius 3 is 2.38 bits per heavy atom. The van der Waals surface area contributed by atoms with E-state index in [-0.39, 0.29) is 4.90 Å². The van der Waals surface area contributed by atoms with E-state index in [4.69, 9.17) is 5.73 Å². The van der Waals surface area contributed by atoms with Crippen molar-refractivity contribution in [2.24, 2.45) is 0 Å². The number of nitrogens with one attached hydrogen (secondary N) is 1. The predicted octanol–water partition coefficient (Wildman–Crippen LogP) is 4.06. The summed E-state index contributed by atoms with van der Waals surface area (Å²) in [7, 11) is -3.54. The Kier molecular flexibility index (Phi) is 6.25. The van der Waals surface area contributed by atoms with Crippen LogP contribution in [0.25, 0.3) is 22.2 Å². The Labute approximate surface area is 188 Å². The maximum Gasteiger partial charge on any atom is 0.240 e. The van der Waals surface area contributed by atoms with Gasteiger partial charge in [-0.3, -0.25) is 0 Å². The van der Waals surface area contributed by atoms with Gasteiger partial charge >= 0.3 is 0 Å². The maximum atomic E-state index is 12.6. The van der Waals surface area contributed by atoms with Crippen LogP contribution in [0.15, 0.2) is 65.8 Å². The zero-order chi connectivity index (χ0) is 22.7. The molecule has 0 aliphatic carbocycles. The number of nitrogens with two attached hydrogens (primary N) is 1. The number of anilines is 1. The van der Waals surface area contributed by atoms with Crippen molar-refractivity contribution >= 4 is 26.9 Å². The first-order valence-electron chi connectivity index (χ1n) is 10.6. The molecule has 2 aromatic heterocycles. The van der Waals surface area contributed by atoms with Crippen LogP contribution in [0.4, 0.5) is 5.82 Å². The molecule has 166 valence electrons. The third-order valence-corrected chi connectivity index (χ3v) is 7.13. The van der Waals surface area contributed by atoms with Gasteiger partial charge in [0.05, 0.1) is 16.7 Å². The lowest BCUT2D eigenvalue weighted by atomic mass is 10.1. The maximum absolute atomic E-state index is 12.6. The van der Waals surface area contributed by atoms with Crippen LogP contribution in [-0.2, 0) is 16.6 Å². The number of fused-ring (bicyclic) bond motifs is 1. The molecule has 3 N–H and O–H groups in total. The number of aryl methyl sites for hydroxylation is 3. The van der Waals surface area contributed by atoms with Crippen molar-refractivity contribution in [1.82, 2.24) is 19.3 Å². The molecule has 0 amide bonds. The molecule has 0 saturated carbocycles. The summed E-state index contributed by atoms with van der Waals surface area (Å²) in [5.74, 6) is 0.438. The summed E-state index contributed by atoms with van der Waals surface area (Å²) in [4.78, 5) is 8.99. The summed E-state index contributed by atoms with van der Waals surface area (Å²) < 4.78 is 30.0. The van der Waals surface area contributed by atoms with E-state index in [2.05, 4.69) is 19.3 Å². The Balaban J connectivity index is 1.33. The first kappa shape index (κ1) is 22.0. The molecule has 0 aliphatic heterocycles. The molecule has 0 saturated heterocycles. The highest BCUT2D eigenvalue weighted by Crippen LogP contribution is 2.24. The van der Waals surface area contributed by atoms with E-state index in [9.17, 15) is 8.42 Å². The van der Waals surface area contributed by atoms with E-state index in [1.807, 2.05) is 56.3 Å². The SMILES string of the molecule is Cc1nc(N)c2ncn(CCCCNS(=O)(=O)c3ccc(-c4ccccc4)cc3)c2c1C. The molecule has 2 aromatic carbocycles. The molecular weight excluding hydrogens is 422 g/mol. The van der Waals surface area contributed by atoms with Crippen molar-refractivity contribution in [3.63, 3.8) is 0 Å². The van der Waals surface area contributed by atoms with Crippen molar-refractivity contribution in [3.8, 4) is 11.1 Å².